The van der Waals surface area contributed by atoms with Gasteiger partial charge < -0.3 is 20.5 Å². The van der Waals surface area contributed by atoms with Crippen LogP contribution < -0.4 is 10.6 Å². The number of ether oxygens (including phenoxy) is 1. The largest absolute Gasteiger partial charge is 0.481 e. The molecule has 164 valence electrons. The van der Waals surface area contributed by atoms with Gasteiger partial charge in [0.05, 0.1) is 6.42 Å². The molecule has 2 aromatic carbocycles. The van der Waals surface area contributed by atoms with Crippen molar-refractivity contribution < 1.29 is 24.2 Å². The van der Waals surface area contributed by atoms with Gasteiger partial charge in [-0.1, -0.05) is 48.5 Å². The van der Waals surface area contributed by atoms with Crippen molar-refractivity contribution in [1.82, 2.24) is 10.6 Å². The van der Waals surface area contributed by atoms with Crippen LogP contribution >= 0.6 is 11.8 Å². The molecule has 0 spiro atoms. The van der Waals surface area contributed by atoms with Gasteiger partial charge in [-0.3, -0.25) is 9.59 Å². The highest BCUT2D eigenvalue weighted by atomic mass is 32.2. The summed E-state index contributed by atoms with van der Waals surface area (Å²) >= 11 is 1.56. The molecule has 0 aliphatic heterocycles. The van der Waals surface area contributed by atoms with E-state index in [-0.39, 0.29) is 25.5 Å². The zero-order chi connectivity index (χ0) is 22.2. The van der Waals surface area contributed by atoms with E-state index in [1.165, 1.54) is 0 Å². The van der Waals surface area contributed by atoms with E-state index in [1.807, 2.05) is 42.7 Å². The molecule has 0 bridgehead atoms. The highest BCUT2D eigenvalue weighted by Gasteiger charge is 2.29. The molecule has 0 fully saturated rings. The number of amides is 2. The Morgan fingerprint density at radius 1 is 1.06 bits per heavy atom. The zero-order valence-electron chi connectivity index (χ0n) is 17.3. The Balaban J connectivity index is 1.61. The first-order valence-corrected chi connectivity index (χ1v) is 11.5. The lowest BCUT2D eigenvalue weighted by molar-refractivity contribution is -0.137. The van der Waals surface area contributed by atoms with Gasteiger partial charge in [0.2, 0.25) is 5.91 Å². The highest BCUT2D eigenvalue weighted by Crippen LogP contribution is 2.44. The summed E-state index contributed by atoms with van der Waals surface area (Å²) in [5, 5.41) is 13.9. The number of carboxylic acids is 1. The smallest absolute Gasteiger partial charge is 0.407 e. The summed E-state index contributed by atoms with van der Waals surface area (Å²) in [5.74, 6) is -0.804. The van der Waals surface area contributed by atoms with Crippen molar-refractivity contribution in [1.29, 1.82) is 0 Å². The van der Waals surface area contributed by atoms with Crippen molar-refractivity contribution in [2.75, 3.05) is 25.2 Å². The van der Waals surface area contributed by atoms with Crippen LogP contribution in [0.25, 0.3) is 11.1 Å². The van der Waals surface area contributed by atoms with Gasteiger partial charge >= 0.3 is 12.1 Å². The molecule has 2 aromatic rings. The molecule has 3 N–H and O–H groups in total. The fourth-order valence-electron chi connectivity index (χ4n) is 3.70. The van der Waals surface area contributed by atoms with Crippen LogP contribution in [0.1, 0.15) is 29.9 Å². The third-order valence-electron chi connectivity index (χ3n) is 5.20. The number of carbonyl (C=O) groups excluding carboxylic acids is 2. The maximum absolute atomic E-state index is 12.5. The van der Waals surface area contributed by atoms with E-state index >= 15 is 0 Å². The minimum absolute atomic E-state index is 0.0102. The molecule has 1 unspecified atom stereocenters. The molecule has 2 amide bonds. The number of rotatable bonds is 10. The number of aliphatic carboxylic acids is 1. The zero-order valence-corrected chi connectivity index (χ0v) is 18.1. The molecule has 0 radical (unpaired) electrons. The predicted octanol–water partition coefficient (Wildman–Crippen LogP) is 3.24. The van der Waals surface area contributed by atoms with Crippen molar-refractivity contribution in [3.05, 3.63) is 59.7 Å². The first-order valence-electron chi connectivity index (χ1n) is 10.1. The Bertz CT molecular complexity index is 904. The summed E-state index contributed by atoms with van der Waals surface area (Å²) in [7, 11) is 0. The SMILES string of the molecule is CSCCC(NC(=O)OCC1c2ccccc2-c2ccccc21)C(=O)NCCC(=O)O. The molecule has 7 nitrogen and oxygen atoms in total. The van der Waals surface area contributed by atoms with Crippen LogP contribution in [-0.4, -0.2) is 54.3 Å². The van der Waals surface area contributed by atoms with Crippen LogP contribution in [0.3, 0.4) is 0 Å². The Kier molecular flexibility index (Phi) is 7.94. The van der Waals surface area contributed by atoms with Crippen molar-refractivity contribution in [2.45, 2.75) is 24.8 Å². The van der Waals surface area contributed by atoms with Crippen molar-refractivity contribution in [3.8, 4) is 11.1 Å². The van der Waals surface area contributed by atoms with Crippen molar-refractivity contribution in [2.24, 2.45) is 0 Å². The number of hydrogen-bond donors (Lipinski definition) is 3. The normalized spacial score (nSPS) is 13.1. The number of hydrogen-bond acceptors (Lipinski definition) is 5. The van der Waals surface area contributed by atoms with E-state index in [0.29, 0.717) is 12.2 Å². The number of fused-ring (bicyclic) bond motifs is 3. The van der Waals surface area contributed by atoms with Crippen LogP contribution in [0.15, 0.2) is 48.5 Å². The van der Waals surface area contributed by atoms with E-state index in [4.69, 9.17) is 9.84 Å². The molecule has 3 rings (SSSR count). The summed E-state index contributed by atoms with van der Waals surface area (Å²) in [6.07, 6.45) is 1.49. The maximum Gasteiger partial charge on any atom is 0.407 e. The second-order valence-corrected chi connectivity index (χ2v) is 8.22. The van der Waals surface area contributed by atoms with Gasteiger partial charge in [-0.05, 0) is 40.7 Å². The van der Waals surface area contributed by atoms with E-state index in [0.717, 1.165) is 22.3 Å². The third kappa shape index (κ3) is 5.79. The molecule has 0 saturated heterocycles. The Morgan fingerprint density at radius 3 is 2.26 bits per heavy atom. The fourth-order valence-corrected chi connectivity index (χ4v) is 4.17. The monoisotopic (exact) mass is 442 g/mol. The number of carbonyl (C=O) groups is 3. The third-order valence-corrected chi connectivity index (χ3v) is 5.84. The van der Waals surface area contributed by atoms with Crippen LogP contribution in [0.4, 0.5) is 4.79 Å². The molecule has 0 aromatic heterocycles. The number of thioether (sulfide) groups is 1. The summed E-state index contributed by atoms with van der Waals surface area (Å²) in [5.41, 5.74) is 4.51. The first-order chi connectivity index (χ1) is 15.0. The predicted molar refractivity (Wildman–Crippen MR) is 120 cm³/mol. The van der Waals surface area contributed by atoms with Crippen LogP contribution in [0, 0.1) is 0 Å². The van der Waals surface area contributed by atoms with Crippen molar-refractivity contribution >= 4 is 29.7 Å². The topological polar surface area (TPSA) is 105 Å². The number of nitrogens with one attached hydrogen (secondary N) is 2. The molecule has 0 saturated carbocycles. The van der Waals surface area contributed by atoms with Gasteiger partial charge in [-0.15, -0.1) is 0 Å². The summed E-state index contributed by atoms with van der Waals surface area (Å²) in [6, 6.07) is 15.3. The van der Waals surface area contributed by atoms with Crippen LogP contribution in [-0.2, 0) is 14.3 Å². The second-order valence-electron chi connectivity index (χ2n) is 7.24. The molecule has 1 atom stereocenters. The molecule has 31 heavy (non-hydrogen) atoms. The van der Waals surface area contributed by atoms with Gasteiger partial charge in [0.25, 0.3) is 0 Å². The molecular weight excluding hydrogens is 416 g/mol. The molecule has 8 heteroatoms. The van der Waals surface area contributed by atoms with Gasteiger partial charge in [-0.2, -0.15) is 11.8 Å². The second kappa shape index (κ2) is 10.9. The van der Waals surface area contributed by atoms with E-state index in [1.54, 1.807) is 11.8 Å². The standard InChI is InChI=1S/C23H26N2O5S/c1-31-13-11-20(22(28)24-12-10-21(26)27)25-23(29)30-14-19-17-8-4-2-6-15(17)16-7-3-5-9-18(16)19/h2-9,19-20H,10-14H2,1H3,(H,24,28)(H,25,29)(H,26,27). The van der Waals surface area contributed by atoms with Gasteiger partial charge in [0.15, 0.2) is 0 Å². The number of carboxylic acid groups (broad SMARTS) is 1. The van der Waals surface area contributed by atoms with Crippen molar-refractivity contribution in [3.63, 3.8) is 0 Å². The average Bonchev–Trinajstić information content (AvgIpc) is 3.08. The van der Waals surface area contributed by atoms with Gasteiger partial charge in [0.1, 0.15) is 12.6 Å². The quantitative estimate of drug-likeness (QED) is 0.522. The molecule has 1 aliphatic carbocycles. The minimum atomic E-state index is -0.995. The Morgan fingerprint density at radius 2 is 1.68 bits per heavy atom. The molecule has 1 aliphatic rings. The van der Waals surface area contributed by atoms with Gasteiger partial charge in [-0.25, -0.2) is 4.79 Å². The van der Waals surface area contributed by atoms with Crippen LogP contribution in [0.5, 0.6) is 0 Å². The average molecular weight is 443 g/mol. The maximum atomic E-state index is 12.5. The Labute approximate surface area is 185 Å². The van der Waals surface area contributed by atoms with Crippen LogP contribution in [0.2, 0.25) is 0 Å². The summed E-state index contributed by atoms with van der Waals surface area (Å²) < 4.78 is 5.51. The molecule has 0 heterocycles. The number of benzene rings is 2. The molecular formula is C23H26N2O5S. The lowest BCUT2D eigenvalue weighted by Gasteiger charge is -2.19. The lowest BCUT2D eigenvalue weighted by Crippen LogP contribution is -2.47. The lowest BCUT2D eigenvalue weighted by atomic mass is 9.98. The highest BCUT2D eigenvalue weighted by molar-refractivity contribution is 7.98. The summed E-state index contributed by atoms with van der Waals surface area (Å²) in [6.45, 7) is 0.173. The first kappa shape index (κ1) is 22.7. The number of alkyl carbamates (subject to hydrolysis) is 1. The van der Waals surface area contributed by atoms with E-state index in [9.17, 15) is 14.4 Å². The van der Waals surface area contributed by atoms with Gasteiger partial charge in [0, 0.05) is 12.5 Å². The summed E-state index contributed by atoms with van der Waals surface area (Å²) in [4.78, 5) is 35.5. The Hall–Kier alpha value is -3.00. The fraction of sp³-hybridized carbons (Fsp3) is 0.348. The minimum Gasteiger partial charge on any atom is -0.481 e. The van der Waals surface area contributed by atoms with E-state index < -0.39 is 24.0 Å². The van der Waals surface area contributed by atoms with E-state index in [2.05, 4.69) is 22.8 Å².